The summed E-state index contributed by atoms with van der Waals surface area (Å²) in [4.78, 5) is 11.6. The molecule has 0 aromatic rings. The van der Waals surface area contributed by atoms with Gasteiger partial charge in [-0.25, -0.2) is 0 Å². The molecule has 2 N–H and O–H groups in total. The summed E-state index contributed by atoms with van der Waals surface area (Å²) in [7, 11) is 0. The topological polar surface area (TPSA) is 58.6 Å². The minimum absolute atomic E-state index is 0.113. The van der Waals surface area contributed by atoms with Gasteiger partial charge in [-0.15, -0.1) is 0 Å². The van der Waals surface area contributed by atoms with Gasteiger partial charge >= 0.3 is 5.97 Å². The molecule has 0 spiro atoms. The second-order valence-corrected chi connectivity index (χ2v) is 8.35. The summed E-state index contributed by atoms with van der Waals surface area (Å²) in [6, 6.07) is 0.113. The minimum Gasteiger partial charge on any atom is -0.480 e. The number of hydrogen-bond donors (Lipinski definition) is 2. The zero-order valence-electron chi connectivity index (χ0n) is 14.3. The van der Waals surface area contributed by atoms with Crippen LogP contribution in [0.5, 0.6) is 0 Å². The van der Waals surface area contributed by atoms with Crippen molar-refractivity contribution in [1.82, 2.24) is 5.32 Å². The van der Waals surface area contributed by atoms with Gasteiger partial charge in [-0.3, -0.25) is 10.1 Å². The molecule has 4 unspecified atom stereocenters. The average Bonchev–Trinajstić information content (AvgIpc) is 2.67. The standard InChI is InChI=1S/C17H31NO3/c1-11(2)18-17(6,14(19)20)10-21-13-9-12-7-8-16(13,5)15(12,3)4/h11-13,18H,7-10H2,1-6H3,(H,19,20). The number of carboxylic acid groups (broad SMARTS) is 1. The summed E-state index contributed by atoms with van der Waals surface area (Å²) in [6.45, 7) is 12.9. The molecule has 2 rings (SSSR count). The SMILES string of the molecule is CC(C)NC(C)(COC1CC2CCC1(C)C2(C)C)C(=O)O. The second-order valence-electron chi connectivity index (χ2n) is 8.35. The maximum Gasteiger partial charge on any atom is 0.326 e. The van der Waals surface area contributed by atoms with Crippen LogP contribution in [0.15, 0.2) is 0 Å². The third-order valence-electron chi connectivity index (χ3n) is 6.37. The monoisotopic (exact) mass is 297 g/mol. The quantitative estimate of drug-likeness (QED) is 0.791. The van der Waals surface area contributed by atoms with Crippen molar-refractivity contribution >= 4 is 5.97 Å². The van der Waals surface area contributed by atoms with Crippen molar-refractivity contribution in [3.05, 3.63) is 0 Å². The number of ether oxygens (including phenoxy) is 1. The molecule has 21 heavy (non-hydrogen) atoms. The number of hydrogen-bond acceptors (Lipinski definition) is 3. The predicted octanol–water partition coefficient (Wildman–Crippen LogP) is 3.06. The second kappa shape index (κ2) is 5.24. The molecular formula is C17H31NO3. The van der Waals surface area contributed by atoms with Crippen LogP contribution in [0.25, 0.3) is 0 Å². The van der Waals surface area contributed by atoms with Crippen molar-refractivity contribution in [2.45, 2.75) is 78.5 Å². The van der Waals surface area contributed by atoms with Gasteiger partial charge in [0, 0.05) is 6.04 Å². The molecule has 2 fully saturated rings. The van der Waals surface area contributed by atoms with Crippen LogP contribution in [0.2, 0.25) is 0 Å². The Morgan fingerprint density at radius 2 is 2.05 bits per heavy atom. The Balaban J connectivity index is 2.05. The minimum atomic E-state index is -1.02. The van der Waals surface area contributed by atoms with E-state index in [9.17, 15) is 9.90 Å². The number of nitrogens with one attached hydrogen (secondary N) is 1. The van der Waals surface area contributed by atoms with E-state index in [2.05, 4.69) is 26.1 Å². The van der Waals surface area contributed by atoms with Gasteiger partial charge in [0.15, 0.2) is 0 Å². The number of fused-ring (bicyclic) bond motifs is 2. The fourth-order valence-electron chi connectivity index (χ4n) is 4.45. The molecule has 0 aliphatic heterocycles. The van der Waals surface area contributed by atoms with Crippen molar-refractivity contribution in [2.24, 2.45) is 16.7 Å². The molecule has 2 saturated carbocycles. The van der Waals surface area contributed by atoms with Gasteiger partial charge in [0.05, 0.1) is 12.7 Å². The zero-order chi connectivity index (χ0) is 16.1. The van der Waals surface area contributed by atoms with Crippen molar-refractivity contribution < 1.29 is 14.6 Å². The van der Waals surface area contributed by atoms with E-state index in [1.807, 2.05) is 13.8 Å². The third kappa shape index (κ3) is 2.61. The predicted molar refractivity (Wildman–Crippen MR) is 83.3 cm³/mol. The molecule has 2 bridgehead atoms. The number of carbonyl (C=O) groups is 1. The first-order chi connectivity index (χ1) is 9.53. The molecule has 2 aliphatic carbocycles. The van der Waals surface area contributed by atoms with Gasteiger partial charge in [-0.1, -0.05) is 20.8 Å². The molecule has 0 aromatic carbocycles. The van der Waals surface area contributed by atoms with Crippen molar-refractivity contribution in [1.29, 1.82) is 0 Å². The summed E-state index contributed by atoms with van der Waals surface area (Å²) in [5.41, 5.74) is -0.547. The molecule has 122 valence electrons. The van der Waals surface area contributed by atoms with Crippen LogP contribution in [0, 0.1) is 16.7 Å². The van der Waals surface area contributed by atoms with Crippen LogP contribution in [-0.2, 0) is 9.53 Å². The van der Waals surface area contributed by atoms with Crippen LogP contribution in [0.3, 0.4) is 0 Å². The first-order valence-electron chi connectivity index (χ1n) is 8.15. The molecule has 2 aliphatic rings. The van der Waals surface area contributed by atoms with E-state index in [1.165, 1.54) is 12.8 Å². The molecule has 4 heteroatoms. The maximum atomic E-state index is 11.6. The van der Waals surface area contributed by atoms with Gasteiger partial charge in [-0.2, -0.15) is 0 Å². The molecule has 4 atom stereocenters. The smallest absolute Gasteiger partial charge is 0.326 e. The van der Waals surface area contributed by atoms with Crippen LogP contribution < -0.4 is 5.32 Å². The van der Waals surface area contributed by atoms with Gasteiger partial charge in [0.25, 0.3) is 0 Å². The summed E-state index contributed by atoms with van der Waals surface area (Å²) in [6.07, 6.45) is 3.72. The summed E-state index contributed by atoms with van der Waals surface area (Å²) < 4.78 is 6.16. The van der Waals surface area contributed by atoms with Crippen LogP contribution >= 0.6 is 0 Å². The van der Waals surface area contributed by atoms with E-state index in [-0.39, 0.29) is 24.2 Å². The molecule has 4 nitrogen and oxygen atoms in total. The molecular weight excluding hydrogens is 266 g/mol. The molecule has 0 radical (unpaired) electrons. The average molecular weight is 297 g/mol. The highest BCUT2D eigenvalue weighted by atomic mass is 16.5. The number of rotatable bonds is 6. The Labute approximate surface area is 128 Å². The lowest BCUT2D eigenvalue weighted by molar-refractivity contribution is -0.150. The lowest BCUT2D eigenvalue weighted by Crippen LogP contribution is -2.56. The maximum absolute atomic E-state index is 11.6. The highest BCUT2D eigenvalue weighted by molar-refractivity contribution is 5.78. The van der Waals surface area contributed by atoms with E-state index in [1.54, 1.807) is 6.92 Å². The van der Waals surface area contributed by atoms with E-state index in [0.29, 0.717) is 11.3 Å². The lowest BCUT2D eigenvalue weighted by atomic mass is 9.70. The van der Waals surface area contributed by atoms with E-state index in [0.717, 1.165) is 6.42 Å². The normalized spacial score (nSPS) is 36.9. The van der Waals surface area contributed by atoms with Gasteiger partial charge in [0.1, 0.15) is 5.54 Å². The van der Waals surface area contributed by atoms with Crippen LogP contribution in [0.1, 0.15) is 60.8 Å². The highest BCUT2D eigenvalue weighted by Gasteiger charge is 2.62. The molecule has 0 aromatic heterocycles. The Hall–Kier alpha value is -0.610. The Bertz CT molecular complexity index is 420. The Morgan fingerprint density at radius 3 is 2.43 bits per heavy atom. The fourth-order valence-corrected chi connectivity index (χ4v) is 4.45. The van der Waals surface area contributed by atoms with Crippen molar-refractivity contribution in [3.63, 3.8) is 0 Å². The fraction of sp³-hybridized carbons (Fsp3) is 0.941. The third-order valence-corrected chi connectivity index (χ3v) is 6.37. The Kier molecular flexibility index (Phi) is 4.18. The van der Waals surface area contributed by atoms with Gasteiger partial charge < -0.3 is 9.84 Å². The number of carboxylic acids is 1. The van der Waals surface area contributed by atoms with Gasteiger partial charge in [0.2, 0.25) is 0 Å². The van der Waals surface area contributed by atoms with Crippen LogP contribution in [-0.4, -0.2) is 35.4 Å². The summed E-state index contributed by atoms with van der Waals surface area (Å²) in [5, 5.41) is 12.6. The Morgan fingerprint density at radius 1 is 1.43 bits per heavy atom. The van der Waals surface area contributed by atoms with E-state index in [4.69, 9.17) is 4.74 Å². The highest BCUT2D eigenvalue weighted by Crippen LogP contribution is 2.66. The molecule has 0 amide bonds. The van der Waals surface area contributed by atoms with Crippen molar-refractivity contribution in [2.75, 3.05) is 6.61 Å². The van der Waals surface area contributed by atoms with E-state index >= 15 is 0 Å². The van der Waals surface area contributed by atoms with Crippen molar-refractivity contribution in [3.8, 4) is 0 Å². The lowest BCUT2D eigenvalue weighted by Gasteiger charge is -2.40. The first kappa shape index (κ1) is 16.8. The van der Waals surface area contributed by atoms with Crippen LogP contribution in [0.4, 0.5) is 0 Å². The van der Waals surface area contributed by atoms with Gasteiger partial charge in [-0.05, 0) is 56.8 Å². The van der Waals surface area contributed by atoms with E-state index < -0.39 is 11.5 Å². The summed E-state index contributed by atoms with van der Waals surface area (Å²) in [5.74, 6) is -0.134. The summed E-state index contributed by atoms with van der Waals surface area (Å²) >= 11 is 0. The number of aliphatic carboxylic acids is 1. The largest absolute Gasteiger partial charge is 0.480 e. The molecule has 0 saturated heterocycles. The first-order valence-corrected chi connectivity index (χ1v) is 8.15. The zero-order valence-corrected chi connectivity index (χ0v) is 14.3. The molecule has 0 heterocycles.